The van der Waals surface area contributed by atoms with E-state index >= 15 is 0 Å². The molecule has 0 fully saturated rings. The van der Waals surface area contributed by atoms with Crippen LogP contribution in [-0.4, -0.2) is 54.4 Å². The minimum atomic E-state index is -4.25. The maximum Gasteiger partial charge on any atom is 0.586 e. The van der Waals surface area contributed by atoms with E-state index in [0.717, 1.165) is 179 Å². The predicted octanol–water partition coefficient (Wildman–Crippen LogP) is 12.4. The molecule has 0 spiro atoms. The van der Waals surface area contributed by atoms with Crippen LogP contribution in [0.25, 0.3) is 44.6 Å². The number of hydrogen-bond acceptors (Lipinski definition) is 8. The number of benzene rings is 9. The van der Waals surface area contributed by atoms with E-state index in [-0.39, 0.29) is 24.8 Å². The highest BCUT2D eigenvalue weighted by Gasteiger charge is 2.59. The molecule has 12 nitrogen and oxygen atoms in total. The van der Waals surface area contributed by atoms with Crippen molar-refractivity contribution in [2.75, 3.05) is 14.2 Å². The van der Waals surface area contributed by atoms with Gasteiger partial charge in [0.15, 0.2) is 11.5 Å². The number of para-hydroxylation sites is 1. The third-order valence-electron chi connectivity index (χ3n) is 21.3. The fourth-order valence-electron chi connectivity index (χ4n) is 16.7. The normalized spacial score (nSPS) is 17.1. The second kappa shape index (κ2) is 28.2. The highest BCUT2D eigenvalue weighted by atomic mass is 35.5. The van der Waals surface area contributed by atoms with E-state index in [1.54, 1.807) is 14.2 Å². The summed E-state index contributed by atoms with van der Waals surface area (Å²) in [6, 6.07) is 110. The number of hydrogen-bond donors (Lipinski definition) is 0. The van der Waals surface area contributed by atoms with Gasteiger partial charge in [-0.25, -0.2) is 20.0 Å². The Labute approximate surface area is 660 Å². The molecule has 21 rings (SSSR count). The van der Waals surface area contributed by atoms with Crippen molar-refractivity contribution in [3.05, 3.63) is 476 Å². The van der Waals surface area contributed by atoms with Crippen LogP contribution in [0.1, 0.15) is 67.3 Å². The lowest BCUT2D eigenvalue weighted by molar-refractivity contribution is -0.001000. The number of halogens is 2. The first-order valence-electron chi connectivity index (χ1n) is 36.7. The number of fused-ring (bicyclic) bond motifs is 4. The monoisotopic (exact) mass is 1530 g/mol. The molecule has 0 amide bonds. The lowest BCUT2D eigenvalue weighted by atomic mass is 10.0. The van der Waals surface area contributed by atoms with Gasteiger partial charge >= 0.3 is 16.0 Å². The first-order valence-corrected chi connectivity index (χ1v) is 39.8. The van der Waals surface area contributed by atoms with Crippen molar-refractivity contribution in [3.63, 3.8) is 0 Å². The van der Waals surface area contributed by atoms with Crippen molar-refractivity contribution in [1.29, 1.82) is 0 Å². The number of nitrogens with zero attached hydrogens (tertiary/aromatic N) is 8. The molecule has 112 heavy (non-hydrogen) atoms. The van der Waals surface area contributed by atoms with Gasteiger partial charge < -0.3 is 24.8 Å². The van der Waals surface area contributed by atoms with Crippen LogP contribution >= 0.6 is 16.0 Å². The van der Waals surface area contributed by atoms with E-state index in [0.29, 0.717) is 11.5 Å². The molecule has 1 unspecified atom stereocenters. The van der Waals surface area contributed by atoms with Crippen LogP contribution in [0.4, 0.5) is 0 Å². The highest BCUT2D eigenvalue weighted by molar-refractivity contribution is 7.64. The van der Waals surface area contributed by atoms with E-state index in [9.17, 15) is 0 Å². The van der Waals surface area contributed by atoms with Gasteiger partial charge in [-0.3, -0.25) is 9.05 Å². The van der Waals surface area contributed by atoms with Crippen LogP contribution in [0, 0.1) is 0 Å². The average molecular weight is 1530 g/mol. The van der Waals surface area contributed by atoms with Crippen molar-refractivity contribution < 1.29 is 42.9 Å². The van der Waals surface area contributed by atoms with Gasteiger partial charge in [-0.05, 0) is 166 Å². The summed E-state index contributed by atoms with van der Waals surface area (Å²) in [7, 11) is -4.40. The van der Waals surface area contributed by atoms with Gasteiger partial charge in [-0.15, -0.1) is 17.4 Å². The van der Waals surface area contributed by atoms with Gasteiger partial charge in [0, 0.05) is 44.6 Å². The predicted molar refractivity (Wildman–Crippen MR) is 445 cm³/mol. The Morgan fingerprint density at radius 2 is 0.438 bits per heavy atom. The van der Waals surface area contributed by atoms with Crippen LogP contribution in [0.3, 0.4) is 0 Å². The van der Waals surface area contributed by atoms with Gasteiger partial charge in [0.2, 0.25) is 0 Å². The molecule has 4 aromatic heterocycles. The fourth-order valence-corrected chi connectivity index (χ4v) is 22.6. The van der Waals surface area contributed by atoms with E-state index in [2.05, 4.69) is 351 Å². The maximum atomic E-state index is 8.63. The van der Waals surface area contributed by atoms with Gasteiger partial charge in [-0.1, -0.05) is 243 Å². The minimum absolute atomic E-state index is 0. The van der Waals surface area contributed by atoms with Crippen molar-refractivity contribution in [2.45, 2.75) is 0 Å². The zero-order valence-electron chi connectivity index (χ0n) is 60.5. The molecule has 9 aromatic carbocycles. The van der Waals surface area contributed by atoms with Crippen molar-refractivity contribution in [2.24, 2.45) is 20.0 Å². The van der Waals surface area contributed by atoms with E-state index in [4.69, 9.17) is 38.1 Å². The molecule has 13 aromatic rings. The second-order valence-electron chi connectivity index (χ2n) is 27.5. The lowest BCUT2D eigenvalue weighted by Crippen LogP contribution is -3.00. The van der Waals surface area contributed by atoms with Gasteiger partial charge in [0.05, 0.1) is 104 Å². The molecule has 12 bridgehead atoms. The van der Waals surface area contributed by atoms with Crippen LogP contribution in [0.15, 0.2) is 407 Å². The molecule has 0 saturated heterocycles. The molecule has 0 radical (unpaired) electrons. The smallest absolute Gasteiger partial charge is 0.586 e. The minimum Gasteiger partial charge on any atom is -1.00 e. The molecule has 0 N–H and O–H groups in total. The molecular formula is C96H66Cl2N8O4P2. The zero-order valence-corrected chi connectivity index (χ0v) is 63.8. The summed E-state index contributed by atoms with van der Waals surface area (Å²) >= 11 is 0. The number of aliphatic imine (C=N–C) groups is 4. The average Bonchev–Trinajstić information content (AvgIpc) is 1.56. The Bertz CT molecular complexity index is 6550. The molecule has 0 aliphatic carbocycles. The molecule has 1 atom stereocenters. The second-order valence-corrected chi connectivity index (χ2v) is 32.1. The van der Waals surface area contributed by atoms with Gasteiger partial charge in [0.25, 0.3) is 0 Å². The molecule has 8 aliphatic rings. The molecule has 8 aliphatic heterocycles. The molecule has 0 saturated carbocycles. The first kappa shape index (κ1) is 69.6. The topological polar surface area (TPSA) is 106 Å². The molecule has 538 valence electrons. The van der Waals surface area contributed by atoms with E-state index in [1.165, 1.54) is 0 Å². The SMILES string of the molecule is CO[P+]1(OC)n2c3ccc2C(c2ccc(O[P+]4(Oc5ccccc5)n5c6ccc5C(c5ccccc5)=C5C=CC(=N5)C(c5ccccc5)=c5ccc(n54)=C(c4ccccc4)C4=NC(=C6c5ccccc5)C=C4)cc2)=C2C=CC(=N2)C(c2ccccc2)=c2ccc(n21)=C(c1ccccc1)C1=NC(=C3c2ccccc2)C=C1.[Cl-].[Cl-]. The van der Waals surface area contributed by atoms with E-state index < -0.39 is 16.0 Å². The van der Waals surface area contributed by atoms with Crippen LogP contribution < -0.4 is 55.3 Å². The van der Waals surface area contributed by atoms with Crippen LogP contribution in [-0.2, 0) is 9.05 Å². The van der Waals surface area contributed by atoms with Crippen molar-refractivity contribution >= 4 is 83.5 Å². The Morgan fingerprint density at radius 1 is 0.214 bits per heavy atom. The third-order valence-corrected chi connectivity index (χ3v) is 26.9. The fraction of sp³-hybridized carbons (Fsp3) is 0.0208. The van der Waals surface area contributed by atoms with Crippen molar-refractivity contribution in [3.8, 4) is 11.5 Å². The standard InChI is InChI=1S/C96H66N8O4P2.2ClH/c1-105-109(106-2)101-81-55-56-82(101)91(65-31-15-5-16-32-65)75-53-54-80(100-75)96(84-58-57-83(102(84)109)90(64-29-13-4-14-30-64)74-48-47-73(97-74)89(81)63-27-11-3-12-28-63)70-43-45-72(46-44-70)108-110(107-71-41-25-10-26-42-71)103-85-59-60-86(103)94(68-37-21-8-22-38-68)78-51-52-79(99-78)95(69-39-23-9-24-40-69)88-62-61-87(104(88)110)93(67-35-19-7-20-36-67)77-50-49-76(98-77)92(85)66-33-17-6-18-34-66;;/h3-62H,1-2H3;2*1H/q+2;;/p-2. The Morgan fingerprint density at radius 3 is 0.705 bits per heavy atom. The van der Waals surface area contributed by atoms with E-state index in [1.807, 2.05) is 30.3 Å². The zero-order chi connectivity index (χ0) is 73.0. The number of rotatable bonds is 14. The summed E-state index contributed by atoms with van der Waals surface area (Å²) in [5, 5.41) is 3.36. The lowest BCUT2D eigenvalue weighted by Gasteiger charge is -2.30. The van der Waals surface area contributed by atoms with Gasteiger partial charge in [0.1, 0.15) is 0 Å². The third kappa shape index (κ3) is 11.0. The summed E-state index contributed by atoms with van der Waals surface area (Å²) in [5.74, 6) is 1.12. The molecule has 16 heteroatoms. The quantitative estimate of drug-likeness (QED) is 0.101. The largest absolute Gasteiger partial charge is 1.00 e. The first-order chi connectivity index (χ1) is 54.4. The van der Waals surface area contributed by atoms with Crippen LogP contribution in [0.5, 0.6) is 11.5 Å². The Hall–Kier alpha value is -12.9. The number of allylic oxidation sites excluding steroid dienone is 8. The highest BCUT2D eigenvalue weighted by Crippen LogP contribution is 2.67. The molecule has 12 heterocycles. The summed E-state index contributed by atoms with van der Waals surface area (Å²) in [6.45, 7) is 0. The summed E-state index contributed by atoms with van der Waals surface area (Å²) < 4.78 is 41.3. The number of aromatic nitrogens is 4. The molecular weight excluding hydrogens is 1460 g/mol. The Balaban J connectivity index is 0.00000422. The maximum absolute atomic E-state index is 8.63. The van der Waals surface area contributed by atoms with Crippen molar-refractivity contribution in [1.82, 2.24) is 17.4 Å². The Kier molecular flexibility index (Phi) is 17.5. The van der Waals surface area contributed by atoms with Crippen LogP contribution in [0.2, 0.25) is 0 Å². The summed E-state index contributed by atoms with van der Waals surface area (Å²) in [4.78, 5) is 23.0. The van der Waals surface area contributed by atoms with Gasteiger partial charge in [-0.2, -0.15) is 9.05 Å². The summed E-state index contributed by atoms with van der Waals surface area (Å²) in [5.41, 5.74) is 24.3. The summed E-state index contributed by atoms with van der Waals surface area (Å²) in [6.07, 6.45) is 17.2.